The van der Waals surface area contributed by atoms with Gasteiger partial charge in [0.2, 0.25) is 0 Å². The first-order valence-corrected chi connectivity index (χ1v) is 8.48. The molecule has 1 aliphatic heterocycles. The molecule has 1 aliphatic rings. The maximum Gasteiger partial charge on any atom is 0.0448 e. The lowest BCUT2D eigenvalue weighted by atomic mass is 9.79. The summed E-state index contributed by atoms with van der Waals surface area (Å²) in [7, 11) is 0. The molecule has 1 heterocycles. The number of fused-ring (bicyclic) bond motifs is 1. The molecule has 3 atom stereocenters. The van der Waals surface area contributed by atoms with E-state index in [9.17, 15) is 0 Å². The molecule has 0 amide bonds. The van der Waals surface area contributed by atoms with Crippen molar-refractivity contribution in [1.82, 2.24) is 0 Å². The second kappa shape index (κ2) is 5.79. The van der Waals surface area contributed by atoms with Crippen molar-refractivity contribution in [2.75, 3.05) is 4.90 Å². The minimum Gasteiger partial charge on any atom is -0.338 e. The molecule has 0 spiro atoms. The van der Waals surface area contributed by atoms with E-state index in [-0.39, 0.29) is 0 Å². The average Bonchev–Trinajstić information content (AvgIpc) is 2.53. The molecule has 3 unspecified atom stereocenters. The number of anilines is 2. The first-order chi connectivity index (χ1) is 10.5. The normalized spacial score (nSPS) is 24.5. The fourth-order valence-electron chi connectivity index (χ4n) is 3.64. The molecular formula is C21H27N. The zero-order valence-electron chi connectivity index (χ0n) is 14.4. The number of hydrogen-bond donors (Lipinski definition) is 0. The van der Waals surface area contributed by atoms with Gasteiger partial charge in [-0.25, -0.2) is 0 Å². The Bertz CT molecular complexity index is 641. The predicted molar refractivity (Wildman–Crippen MR) is 96.2 cm³/mol. The minimum atomic E-state index is 0.509. The van der Waals surface area contributed by atoms with Crippen LogP contribution in [0.3, 0.4) is 0 Å². The van der Waals surface area contributed by atoms with Crippen LogP contribution in [-0.4, -0.2) is 6.04 Å². The van der Waals surface area contributed by atoms with E-state index in [2.05, 4.69) is 88.0 Å². The van der Waals surface area contributed by atoms with Gasteiger partial charge in [0.25, 0.3) is 0 Å². The van der Waals surface area contributed by atoms with Crippen molar-refractivity contribution < 1.29 is 0 Å². The Kier molecular flexibility index (Phi) is 3.99. The molecule has 1 heteroatoms. The number of benzene rings is 2. The Morgan fingerprint density at radius 3 is 2.14 bits per heavy atom. The molecule has 0 radical (unpaired) electrons. The van der Waals surface area contributed by atoms with Crippen LogP contribution in [0, 0.1) is 5.92 Å². The summed E-state index contributed by atoms with van der Waals surface area (Å²) in [6.45, 7) is 11.6. The van der Waals surface area contributed by atoms with E-state index in [1.165, 1.54) is 22.5 Å². The summed E-state index contributed by atoms with van der Waals surface area (Å²) in [6, 6.07) is 18.5. The van der Waals surface area contributed by atoms with E-state index >= 15 is 0 Å². The SMILES string of the molecule is CC(C)c1ccc(N2c3ccccc3C(C)C(C)C2C)cc1. The summed E-state index contributed by atoms with van der Waals surface area (Å²) in [4.78, 5) is 2.52. The second-order valence-corrected chi connectivity index (χ2v) is 7.06. The Labute approximate surface area is 135 Å². The number of para-hydroxylation sites is 1. The molecule has 0 N–H and O–H groups in total. The highest BCUT2D eigenvalue weighted by molar-refractivity contribution is 5.70. The summed E-state index contributed by atoms with van der Waals surface area (Å²) < 4.78 is 0. The van der Waals surface area contributed by atoms with Gasteiger partial charge in [-0.05, 0) is 54.0 Å². The topological polar surface area (TPSA) is 3.24 Å². The molecule has 0 saturated carbocycles. The second-order valence-electron chi connectivity index (χ2n) is 7.06. The number of nitrogens with zero attached hydrogens (tertiary/aromatic N) is 1. The first-order valence-electron chi connectivity index (χ1n) is 8.48. The smallest absolute Gasteiger partial charge is 0.0448 e. The van der Waals surface area contributed by atoms with Crippen molar-refractivity contribution in [2.24, 2.45) is 5.92 Å². The van der Waals surface area contributed by atoms with Gasteiger partial charge in [0.1, 0.15) is 0 Å². The molecule has 0 saturated heterocycles. The van der Waals surface area contributed by atoms with Gasteiger partial charge in [-0.3, -0.25) is 0 Å². The summed E-state index contributed by atoms with van der Waals surface area (Å²) in [5.41, 5.74) is 5.56. The number of hydrogen-bond acceptors (Lipinski definition) is 1. The quantitative estimate of drug-likeness (QED) is 0.647. The fourth-order valence-corrected chi connectivity index (χ4v) is 3.64. The zero-order valence-corrected chi connectivity index (χ0v) is 14.4. The van der Waals surface area contributed by atoms with Gasteiger partial charge >= 0.3 is 0 Å². The molecule has 2 aromatic rings. The summed E-state index contributed by atoms with van der Waals surface area (Å²) in [6.07, 6.45) is 0. The highest BCUT2D eigenvalue weighted by atomic mass is 15.2. The zero-order chi connectivity index (χ0) is 15.9. The van der Waals surface area contributed by atoms with Crippen molar-refractivity contribution in [2.45, 2.75) is 52.5 Å². The molecule has 0 aromatic heterocycles. The number of rotatable bonds is 2. The fraction of sp³-hybridized carbons (Fsp3) is 0.429. The molecule has 1 nitrogen and oxygen atoms in total. The van der Waals surface area contributed by atoms with Crippen molar-refractivity contribution in [3.05, 3.63) is 59.7 Å². The van der Waals surface area contributed by atoms with Crippen LogP contribution in [0.1, 0.15) is 57.6 Å². The maximum absolute atomic E-state index is 2.52. The standard InChI is InChI=1S/C21H27N/c1-14(2)18-10-12-19(13-11-18)22-17(5)15(3)16(4)20-8-6-7-9-21(20)22/h6-17H,1-5H3. The van der Waals surface area contributed by atoms with E-state index in [1.807, 2.05) is 0 Å². The molecule has 116 valence electrons. The lowest BCUT2D eigenvalue weighted by Crippen LogP contribution is -2.40. The Morgan fingerprint density at radius 1 is 0.864 bits per heavy atom. The molecule has 22 heavy (non-hydrogen) atoms. The monoisotopic (exact) mass is 293 g/mol. The summed E-state index contributed by atoms with van der Waals surface area (Å²) in [5, 5.41) is 0. The summed E-state index contributed by atoms with van der Waals surface area (Å²) in [5.74, 6) is 1.83. The van der Waals surface area contributed by atoms with Crippen LogP contribution in [-0.2, 0) is 0 Å². The van der Waals surface area contributed by atoms with Crippen molar-refractivity contribution in [1.29, 1.82) is 0 Å². The van der Waals surface area contributed by atoms with Crippen LogP contribution in [0.25, 0.3) is 0 Å². The van der Waals surface area contributed by atoms with Crippen LogP contribution in [0.15, 0.2) is 48.5 Å². The van der Waals surface area contributed by atoms with Crippen molar-refractivity contribution in [3.63, 3.8) is 0 Å². The van der Waals surface area contributed by atoms with Gasteiger partial charge in [-0.15, -0.1) is 0 Å². The Hall–Kier alpha value is -1.76. The van der Waals surface area contributed by atoms with Gasteiger partial charge in [0.05, 0.1) is 0 Å². The minimum absolute atomic E-state index is 0.509. The van der Waals surface area contributed by atoms with E-state index < -0.39 is 0 Å². The molecule has 0 bridgehead atoms. The van der Waals surface area contributed by atoms with E-state index in [0.717, 1.165) is 0 Å². The molecule has 0 aliphatic carbocycles. The van der Waals surface area contributed by atoms with Crippen LogP contribution >= 0.6 is 0 Å². The average molecular weight is 293 g/mol. The van der Waals surface area contributed by atoms with Gasteiger partial charge in [0, 0.05) is 17.4 Å². The van der Waals surface area contributed by atoms with Gasteiger partial charge < -0.3 is 4.90 Å². The van der Waals surface area contributed by atoms with Gasteiger partial charge in [-0.2, -0.15) is 0 Å². The molecule has 2 aromatic carbocycles. The van der Waals surface area contributed by atoms with E-state index in [0.29, 0.717) is 23.8 Å². The first kappa shape index (κ1) is 15.1. The lowest BCUT2D eigenvalue weighted by molar-refractivity contribution is 0.392. The largest absolute Gasteiger partial charge is 0.338 e. The van der Waals surface area contributed by atoms with Crippen molar-refractivity contribution >= 4 is 11.4 Å². The molecule has 0 fully saturated rings. The van der Waals surface area contributed by atoms with Crippen molar-refractivity contribution in [3.8, 4) is 0 Å². The third-order valence-electron chi connectivity index (χ3n) is 5.48. The predicted octanol–water partition coefficient (Wildman–Crippen LogP) is 6.09. The van der Waals surface area contributed by atoms with Gasteiger partial charge in [0.15, 0.2) is 0 Å². The molecular weight excluding hydrogens is 266 g/mol. The third-order valence-corrected chi connectivity index (χ3v) is 5.48. The highest BCUT2D eigenvalue weighted by Gasteiger charge is 2.34. The van der Waals surface area contributed by atoms with Crippen LogP contribution < -0.4 is 4.90 Å². The maximum atomic E-state index is 2.52. The lowest BCUT2D eigenvalue weighted by Gasteiger charge is -2.44. The Balaban J connectivity index is 2.07. The van der Waals surface area contributed by atoms with Crippen LogP contribution in [0.4, 0.5) is 11.4 Å². The van der Waals surface area contributed by atoms with E-state index in [1.54, 1.807) is 0 Å². The van der Waals surface area contributed by atoms with Gasteiger partial charge in [-0.1, -0.05) is 58.0 Å². The van der Waals surface area contributed by atoms with Crippen LogP contribution in [0.5, 0.6) is 0 Å². The highest BCUT2D eigenvalue weighted by Crippen LogP contribution is 2.45. The third kappa shape index (κ3) is 2.43. The van der Waals surface area contributed by atoms with E-state index in [4.69, 9.17) is 0 Å². The Morgan fingerprint density at radius 2 is 1.50 bits per heavy atom. The molecule has 3 rings (SSSR count). The van der Waals surface area contributed by atoms with Crippen LogP contribution in [0.2, 0.25) is 0 Å². The summed E-state index contributed by atoms with van der Waals surface area (Å²) >= 11 is 0.